The Morgan fingerprint density at radius 3 is 2.95 bits per heavy atom. The van der Waals surface area contributed by atoms with Crippen molar-refractivity contribution in [1.82, 2.24) is 14.9 Å². The summed E-state index contributed by atoms with van der Waals surface area (Å²) in [6.45, 7) is 5.17. The maximum atomic E-state index is 12.5. The zero-order chi connectivity index (χ0) is 15.5. The first-order valence-corrected chi connectivity index (χ1v) is 8.15. The van der Waals surface area contributed by atoms with Crippen LogP contribution in [0.15, 0.2) is 6.33 Å². The Bertz CT molecular complexity index is 543. The summed E-state index contributed by atoms with van der Waals surface area (Å²) in [7, 11) is 2.04. The number of nitrogens with zero attached hydrogens (tertiary/aromatic N) is 4. The van der Waals surface area contributed by atoms with Gasteiger partial charge in [-0.05, 0) is 26.2 Å². The van der Waals surface area contributed by atoms with E-state index in [1.165, 1.54) is 5.56 Å². The highest BCUT2D eigenvalue weighted by molar-refractivity contribution is 5.81. The maximum absolute atomic E-state index is 12.5. The van der Waals surface area contributed by atoms with Gasteiger partial charge in [-0.1, -0.05) is 0 Å². The summed E-state index contributed by atoms with van der Waals surface area (Å²) < 4.78 is 5.54. The molecule has 0 N–H and O–H groups in total. The minimum Gasteiger partial charge on any atom is -0.368 e. The summed E-state index contributed by atoms with van der Waals surface area (Å²) in [6, 6.07) is 0. The van der Waals surface area contributed by atoms with Gasteiger partial charge in [-0.3, -0.25) is 4.79 Å². The largest absolute Gasteiger partial charge is 0.368 e. The summed E-state index contributed by atoms with van der Waals surface area (Å²) in [6.07, 6.45) is 4.85. The van der Waals surface area contributed by atoms with E-state index in [0.717, 1.165) is 56.8 Å². The smallest absolute Gasteiger partial charge is 0.251 e. The Hall–Kier alpha value is -1.69. The third-order valence-electron chi connectivity index (χ3n) is 4.61. The standard InChI is InChI=1S/C16H24N4O2/c1-3-19(2)15-12-6-8-20(9-7-13(12)17-11-18-15)16(21)14-5-4-10-22-14/h11,14H,3-10H2,1-2H3/t14-/m1/s1. The van der Waals surface area contributed by atoms with Gasteiger partial charge in [0.2, 0.25) is 0 Å². The highest BCUT2D eigenvalue weighted by Gasteiger charge is 2.30. The number of ether oxygens (including phenoxy) is 1. The van der Waals surface area contributed by atoms with Crippen molar-refractivity contribution in [2.45, 2.75) is 38.7 Å². The summed E-state index contributed by atoms with van der Waals surface area (Å²) in [5.41, 5.74) is 2.27. The number of amides is 1. The second kappa shape index (κ2) is 6.60. The predicted octanol–water partition coefficient (Wildman–Crippen LogP) is 1.04. The van der Waals surface area contributed by atoms with E-state index in [4.69, 9.17) is 4.74 Å². The molecule has 3 heterocycles. The number of hydrogen-bond donors (Lipinski definition) is 0. The van der Waals surface area contributed by atoms with Crippen molar-refractivity contribution in [3.63, 3.8) is 0 Å². The molecule has 1 saturated heterocycles. The van der Waals surface area contributed by atoms with Crippen LogP contribution in [0.3, 0.4) is 0 Å². The fraction of sp³-hybridized carbons (Fsp3) is 0.688. The van der Waals surface area contributed by atoms with Gasteiger partial charge in [-0.25, -0.2) is 9.97 Å². The second-order valence-corrected chi connectivity index (χ2v) is 5.96. The van der Waals surface area contributed by atoms with Crippen molar-refractivity contribution < 1.29 is 9.53 Å². The first-order chi connectivity index (χ1) is 10.7. The van der Waals surface area contributed by atoms with E-state index >= 15 is 0 Å². The Morgan fingerprint density at radius 1 is 1.41 bits per heavy atom. The van der Waals surface area contributed by atoms with Gasteiger partial charge in [0.25, 0.3) is 5.91 Å². The van der Waals surface area contributed by atoms with Crippen LogP contribution in [0, 0.1) is 0 Å². The zero-order valence-electron chi connectivity index (χ0n) is 13.4. The van der Waals surface area contributed by atoms with Crippen LogP contribution in [0.5, 0.6) is 0 Å². The topological polar surface area (TPSA) is 58.6 Å². The van der Waals surface area contributed by atoms with Crippen molar-refractivity contribution in [2.75, 3.05) is 38.2 Å². The van der Waals surface area contributed by atoms with Crippen LogP contribution in [-0.2, 0) is 22.4 Å². The van der Waals surface area contributed by atoms with Crippen LogP contribution in [-0.4, -0.2) is 60.2 Å². The number of fused-ring (bicyclic) bond motifs is 1. The van der Waals surface area contributed by atoms with Crippen molar-refractivity contribution in [3.05, 3.63) is 17.6 Å². The van der Waals surface area contributed by atoms with Gasteiger partial charge in [0, 0.05) is 45.3 Å². The van der Waals surface area contributed by atoms with Crippen LogP contribution in [0.2, 0.25) is 0 Å². The van der Waals surface area contributed by atoms with Gasteiger partial charge in [-0.15, -0.1) is 0 Å². The zero-order valence-corrected chi connectivity index (χ0v) is 13.4. The number of hydrogen-bond acceptors (Lipinski definition) is 5. The quantitative estimate of drug-likeness (QED) is 0.835. The molecule has 0 aliphatic carbocycles. The summed E-state index contributed by atoms with van der Waals surface area (Å²) in [5.74, 6) is 1.14. The molecule has 22 heavy (non-hydrogen) atoms. The lowest BCUT2D eigenvalue weighted by atomic mass is 10.1. The number of carbonyl (C=O) groups excluding carboxylic acids is 1. The maximum Gasteiger partial charge on any atom is 0.251 e. The number of aromatic nitrogens is 2. The Morgan fingerprint density at radius 2 is 2.23 bits per heavy atom. The molecule has 1 amide bonds. The molecule has 1 aromatic rings. The number of rotatable bonds is 3. The molecule has 2 aliphatic rings. The monoisotopic (exact) mass is 304 g/mol. The third-order valence-corrected chi connectivity index (χ3v) is 4.61. The molecule has 0 spiro atoms. The molecule has 0 saturated carbocycles. The van der Waals surface area contributed by atoms with Crippen molar-refractivity contribution in [1.29, 1.82) is 0 Å². The fourth-order valence-electron chi connectivity index (χ4n) is 3.18. The third kappa shape index (κ3) is 2.92. The van der Waals surface area contributed by atoms with Crippen molar-refractivity contribution in [3.8, 4) is 0 Å². The van der Waals surface area contributed by atoms with E-state index in [-0.39, 0.29) is 12.0 Å². The van der Waals surface area contributed by atoms with Crippen LogP contribution >= 0.6 is 0 Å². The minimum absolute atomic E-state index is 0.142. The van der Waals surface area contributed by atoms with E-state index in [1.807, 2.05) is 11.9 Å². The molecule has 2 aliphatic heterocycles. The first kappa shape index (κ1) is 15.2. The number of carbonyl (C=O) groups is 1. The first-order valence-electron chi connectivity index (χ1n) is 8.15. The Labute approximate surface area is 131 Å². The normalized spacial score (nSPS) is 21.4. The van der Waals surface area contributed by atoms with Crippen LogP contribution in [0.1, 0.15) is 31.0 Å². The highest BCUT2D eigenvalue weighted by atomic mass is 16.5. The van der Waals surface area contributed by atoms with Gasteiger partial charge in [0.15, 0.2) is 0 Å². The minimum atomic E-state index is -0.231. The molecule has 1 aromatic heterocycles. The Balaban J connectivity index is 1.76. The lowest BCUT2D eigenvalue weighted by Gasteiger charge is -2.23. The van der Waals surface area contributed by atoms with Crippen LogP contribution in [0.4, 0.5) is 5.82 Å². The van der Waals surface area contributed by atoms with E-state index in [9.17, 15) is 4.79 Å². The molecule has 6 heteroatoms. The fourth-order valence-corrected chi connectivity index (χ4v) is 3.18. The Kier molecular flexibility index (Phi) is 4.57. The van der Waals surface area contributed by atoms with Gasteiger partial charge >= 0.3 is 0 Å². The van der Waals surface area contributed by atoms with Crippen LogP contribution < -0.4 is 4.90 Å². The molecule has 0 aromatic carbocycles. The average Bonchev–Trinajstić information content (AvgIpc) is 3.00. The molecule has 0 unspecified atom stereocenters. The predicted molar refractivity (Wildman–Crippen MR) is 83.9 cm³/mol. The molecular formula is C16H24N4O2. The molecule has 6 nitrogen and oxygen atoms in total. The lowest BCUT2D eigenvalue weighted by Crippen LogP contribution is -2.40. The van der Waals surface area contributed by atoms with E-state index in [0.29, 0.717) is 6.61 Å². The van der Waals surface area contributed by atoms with E-state index < -0.39 is 0 Å². The molecule has 1 atom stereocenters. The molecule has 0 bridgehead atoms. The highest BCUT2D eigenvalue weighted by Crippen LogP contribution is 2.24. The molecule has 0 radical (unpaired) electrons. The van der Waals surface area contributed by atoms with Gasteiger partial charge in [0.05, 0.1) is 5.69 Å². The molecule has 120 valence electrons. The van der Waals surface area contributed by atoms with Gasteiger partial charge in [0.1, 0.15) is 18.2 Å². The molecule has 1 fully saturated rings. The van der Waals surface area contributed by atoms with E-state index in [2.05, 4.69) is 21.8 Å². The molecular weight excluding hydrogens is 280 g/mol. The van der Waals surface area contributed by atoms with Crippen molar-refractivity contribution >= 4 is 11.7 Å². The molecule has 3 rings (SSSR count). The van der Waals surface area contributed by atoms with E-state index in [1.54, 1.807) is 6.33 Å². The van der Waals surface area contributed by atoms with Gasteiger partial charge < -0.3 is 14.5 Å². The summed E-state index contributed by atoms with van der Waals surface area (Å²) in [4.78, 5) is 25.5. The van der Waals surface area contributed by atoms with Gasteiger partial charge in [-0.2, -0.15) is 0 Å². The average molecular weight is 304 g/mol. The van der Waals surface area contributed by atoms with Crippen molar-refractivity contribution in [2.24, 2.45) is 0 Å². The summed E-state index contributed by atoms with van der Waals surface area (Å²) in [5, 5.41) is 0. The SMILES string of the molecule is CCN(C)c1ncnc2c1CCN(C(=O)[C@H]1CCCO1)CC2. The second-order valence-electron chi connectivity index (χ2n) is 5.96. The lowest BCUT2D eigenvalue weighted by molar-refractivity contribution is -0.140. The number of anilines is 1. The summed E-state index contributed by atoms with van der Waals surface area (Å²) >= 11 is 0. The van der Waals surface area contributed by atoms with Crippen LogP contribution in [0.25, 0.3) is 0 Å².